The summed E-state index contributed by atoms with van der Waals surface area (Å²) in [4.78, 5) is 0. The van der Waals surface area contributed by atoms with Crippen molar-refractivity contribution in [2.24, 2.45) is 0 Å². The van der Waals surface area contributed by atoms with Crippen molar-refractivity contribution in [2.75, 3.05) is 5.75 Å². The van der Waals surface area contributed by atoms with E-state index in [0.29, 0.717) is 12.0 Å². The van der Waals surface area contributed by atoms with Crippen LogP contribution >= 0.6 is 26.6 Å². The van der Waals surface area contributed by atoms with Crippen molar-refractivity contribution in [2.45, 2.75) is 6.42 Å². The van der Waals surface area contributed by atoms with Gasteiger partial charge >= 0.3 is 0 Å². The zero-order valence-corrected chi connectivity index (χ0v) is 11.1. The van der Waals surface area contributed by atoms with E-state index in [9.17, 15) is 8.42 Å². The number of rotatable bonds is 4. The molecule has 0 aliphatic heterocycles. The Bertz CT molecular complexity index is 468. The van der Waals surface area contributed by atoms with Crippen molar-refractivity contribution in [1.82, 2.24) is 0 Å². The van der Waals surface area contributed by atoms with Gasteiger partial charge in [0, 0.05) is 15.2 Å². The van der Waals surface area contributed by atoms with Crippen LogP contribution in [-0.2, 0) is 15.5 Å². The molecule has 0 amide bonds. The topological polar surface area (TPSA) is 34.1 Å². The lowest BCUT2D eigenvalue weighted by atomic mass is 10.1. The predicted molar refractivity (Wildman–Crippen MR) is 66.6 cm³/mol. The average molecular weight is 310 g/mol. The van der Waals surface area contributed by atoms with Crippen LogP contribution in [0.25, 0.3) is 0 Å². The van der Waals surface area contributed by atoms with Crippen LogP contribution in [0, 0.1) is 0 Å². The highest BCUT2D eigenvalue weighted by atomic mass is 79.9. The summed E-state index contributed by atoms with van der Waals surface area (Å²) < 4.78 is 22.6. The number of hydrogen-bond donors (Lipinski definition) is 0. The monoisotopic (exact) mass is 308 g/mol. The second-order valence-corrected chi connectivity index (χ2v) is 6.83. The zero-order chi connectivity index (χ0) is 11.5. The molecule has 0 unspecified atom stereocenters. The minimum absolute atomic E-state index is 0.185. The first-order valence-electron chi connectivity index (χ1n) is 4.21. The van der Waals surface area contributed by atoms with Crippen LogP contribution in [0.3, 0.4) is 0 Å². The van der Waals surface area contributed by atoms with Crippen LogP contribution in [0.5, 0.6) is 0 Å². The first-order valence-corrected chi connectivity index (χ1v) is 7.48. The lowest BCUT2D eigenvalue weighted by Crippen LogP contribution is -2.02. The molecular weight excluding hydrogens is 300 g/mol. The van der Waals surface area contributed by atoms with E-state index < -0.39 is 9.05 Å². The molecule has 0 N–H and O–H groups in total. The summed E-state index contributed by atoms with van der Waals surface area (Å²) in [6.45, 7) is 3.69. The third kappa shape index (κ3) is 4.82. The molecule has 0 saturated heterocycles. The Balaban J connectivity index is 2.72. The van der Waals surface area contributed by atoms with Gasteiger partial charge in [0.15, 0.2) is 0 Å². The van der Waals surface area contributed by atoms with Gasteiger partial charge in [-0.1, -0.05) is 46.3 Å². The van der Waals surface area contributed by atoms with Gasteiger partial charge < -0.3 is 0 Å². The summed E-state index contributed by atoms with van der Waals surface area (Å²) in [5.74, 6) is -0.185. The molecule has 1 aromatic carbocycles. The van der Waals surface area contributed by atoms with E-state index in [2.05, 4.69) is 22.5 Å². The second-order valence-electron chi connectivity index (χ2n) is 3.20. The number of hydrogen-bond acceptors (Lipinski definition) is 2. The molecule has 15 heavy (non-hydrogen) atoms. The fourth-order valence-electron chi connectivity index (χ4n) is 1.21. The van der Waals surface area contributed by atoms with Crippen molar-refractivity contribution in [3.63, 3.8) is 0 Å². The maximum Gasteiger partial charge on any atom is 0.236 e. The van der Waals surface area contributed by atoms with Crippen LogP contribution in [0.1, 0.15) is 5.56 Å². The molecule has 1 aromatic rings. The second kappa shape index (κ2) is 5.14. The molecule has 0 aromatic heterocycles. The Morgan fingerprint density at radius 3 is 2.53 bits per heavy atom. The quantitative estimate of drug-likeness (QED) is 0.632. The summed E-state index contributed by atoms with van der Waals surface area (Å²) in [6.07, 6.45) is 0.507. The molecule has 0 fully saturated rings. The van der Waals surface area contributed by atoms with E-state index in [4.69, 9.17) is 10.7 Å². The summed E-state index contributed by atoms with van der Waals surface area (Å²) in [5.41, 5.74) is 1.58. The fourth-order valence-corrected chi connectivity index (χ4v) is 2.68. The highest BCUT2D eigenvalue weighted by Crippen LogP contribution is 2.19. The van der Waals surface area contributed by atoms with E-state index in [1.165, 1.54) is 0 Å². The van der Waals surface area contributed by atoms with Crippen molar-refractivity contribution >= 4 is 35.7 Å². The molecule has 0 saturated carbocycles. The van der Waals surface area contributed by atoms with Gasteiger partial charge in [-0.15, -0.1) is 0 Å². The highest BCUT2D eigenvalue weighted by Gasteiger charge is 2.09. The van der Waals surface area contributed by atoms with E-state index in [1.54, 1.807) is 0 Å². The summed E-state index contributed by atoms with van der Waals surface area (Å²) in [5, 5.41) is 0. The minimum atomic E-state index is -3.50. The van der Waals surface area contributed by atoms with Crippen LogP contribution < -0.4 is 0 Å². The van der Waals surface area contributed by atoms with Crippen molar-refractivity contribution in [3.05, 3.63) is 46.5 Å². The predicted octanol–water partition coefficient (Wildman–Crippen LogP) is 3.12. The summed E-state index contributed by atoms with van der Waals surface area (Å²) in [7, 11) is 1.63. The van der Waals surface area contributed by atoms with Crippen LogP contribution in [0.15, 0.2) is 40.9 Å². The fraction of sp³-hybridized carbons (Fsp3) is 0.200. The highest BCUT2D eigenvalue weighted by molar-refractivity contribution is 9.10. The van der Waals surface area contributed by atoms with Crippen LogP contribution in [-0.4, -0.2) is 14.2 Å². The normalized spacial score (nSPS) is 11.3. The van der Waals surface area contributed by atoms with E-state index in [-0.39, 0.29) is 5.75 Å². The van der Waals surface area contributed by atoms with Gasteiger partial charge in [-0.25, -0.2) is 8.42 Å². The Hall–Kier alpha value is -0.320. The van der Waals surface area contributed by atoms with Crippen molar-refractivity contribution in [1.29, 1.82) is 0 Å². The van der Waals surface area contributed by atoms with Gasteiger partial charge in [-0.3, -0.25) is 0 Å². The zero-order valence-electron chi connectivity index (χ0n) is 7.91. The number of benzene rings is 1. The van der Waals surface area contributed by atoms with Gasteiger partial charge in [0.1, 0.15) is 0 Å². The molecule has 1 rings (SSSR count). The van der Waals surface area contributed by atoms with E-state index >= 15 is 0 Å². The molecular formula is C10H10BrClO2S. The SMILES string of the molecule is C=C(Cc1ccccc1Br)CS(=O)(=O)Cl. The largest absolute Gasteiger partial charge is 0.236 e. The summed E-state index contributed by atoms with van der Waals surface area (Å²) >= 11 is 3.38. The molecule has 0 spiro atoms. The molecule has 0 radical (unpaired) electrons. The summed E-state index contributed by atoms with van der Waals surface area (Å²) in [6, 6.07) is 7.60. The van der Waals surface area contributed by atoms with Gasteiger partial charge in [0.2, 0.25) is 9.05 Å². The Morgan fingerprint density at radius 1 is 1.40 bits per heavy atom. The molecule has 0 heterocycles. The average Bonchev–Trinajstić information content (AvgIpc) is 2.05. The number of halogens is 2. The molecule has 5 heteroatoms. The minimum Gasteiger partial charge on any atom is -0.212 e. The van der Waals surface area contributed by atoms with Gasteiger partial charge in [-0.05, 0) is 18.1 Å². The Morgan fingerprint density at radius 2 is 2.00 bits per heavy atom. The third-order valence-corrected chi connectivity index (χ3v) is 3.63. The molecule has 0 atom stereocenters. The van der Waals surface area contributed by atoms with E-state index in [0.717, 1.165) is 10.0 Å². The molecule has 2 nitrogen and oxygen atoms in total. The first-order chi connectivity index (χ1) is 6.88. The maximum atomic E-state index is 10.8. The standard InChI is InChI=1S/C10H10BrClO2S/c1-8(7-15(12,13)14)6-9-4-2-3-5-10(9)11/h2-5H,1,6-7H2. The third-order valence-electron chi connectivity index (χ3n) is 1.77. The van der Waals surface area contributed by atoms with Crippen LogP contribution in [0.4, 0.5) is 0 Å². The van der Waals surface area contributed by atoms with Gasteiger partial charge in [-0.2, -0.15) is 0 Å². The van der Waals surface area contributed by atoms with Crippen molar-refractivity contribution in [3.8, 4) is 0 Å². The van der Waals surface area contributed by atoms with E-state index in [1.807, 2.05) is 24.3 Å². The Kier molecular flexibility index (Phi) is 4.37. The lowest BCUT2D eigenvalue weighted by Gasteiger charge is -2.05. The van der Waals surface area contributed by atoms with Crippen molar-refractivity contribution < 1.29 is 8.42 Å². The molecule has 0 aliphatic carbocycles. The molecule has 0 aliphatic rings. The van der Waals surface area contributed by atoms with Gasteiger partial charge in [0.25, 0.3) is 0 Å². The van der Waals surface area contributed by atoms with Crippen LogP contribution in [0.2, 0.25) is 0 Å². The Labute approximate surface area is 103 Å². The molecule has 0 bridgehead atoms. The molecule has 82 valence electrons. The maximum absolute atomic E-state index is 10.8. The van der Waals surface area contributed by atoms with Gasteiger partial charge in [0.05, 0.1) is 5.75 Å². The lowest BCUT2D eigenvalue weighted by molar-refractivity contribution is 0.611. The smallest absolute Gasteiger partial charge is 0.212 e. The first kappa shape index (κ1) is 12.7.